The lowest BCUT2D eigenvalue weighted by atomic mass is 10.1. The molecule has 0 aromatic heterocycles. The fourth-order valence-corrected chi connectivity index (χ4v) is 2.97. The lowest BCUT2D eigenvalue weighted by Gasteiger charge is -2.41. The molecule has 0 saturated carbocycles. The quantitative estimate of drug-likeness (QED) is 0.852. The number of benzene rings is 1. The van der Waals surface area contributed by atoms with E-state index in [1.165, 1.54) is 0 Å². The van der Waals surface area contributed by atoms with Gasteiger partial charge in [-0.05, 0) is 39.2 Å². The lowest BCUT2D eigenvalue weighted by Crippen LogP contribution is -2.57. The highest BCUT2D eigenvalue weighted by molar-refractivity contribution is 5.71. The molecule has 0 bridgehead atoms. The number of carbonyl (C=O) groups is 2. The van der Waals surface area contributed by atoms with Crippen molar-refractivity contribution in [2.45, 2.75) is 51.9 Å². The van der Waals surface area contributed by atoms with Gasteiger partial charge in [-0.1, -0.05) is 30.3 Å². The van der Waals surface area contributed by atoms with Crippen LogP contribution >= 0.6 is 0 Å². The van der Waals surface area contributed by atoms with Gasteiger partial charge in [-0.2, -0.15) is 0 Å². The second-order valence-electron chi connectivity index (χ2n) is 7.68. The molecular formula is C20H30N2O5. The Morgan fingerprint density at radius 1 is 1.15 bits per heavy atom. The maximum atomic E-state index is 12.5. The number of hydrogen-bond acceptors (Lipinski definition) is 5. The summed E-state index contributed by atoms with van der Waals surface area (Å²) in [4.78, 5) is 28.2. The maximum Gasteiger partial charge on any atom is 0.410 e. The highest BCUT2D eigenvalue weighted by Gasteiger charge is 2.35. The summed E-state index contributed by atoms with van der Waals surface area (Å²) in [6.07, 6.45) is 0.370. The van der Waals surface area contributed by atoms with Gasteiger partial charge < -0.3 is 24.4 Å². The van der Waals surface area contributed by atoms with Crippen LogP contribution in [-0.2, 0) is 16.1 Å². The normalized spacial score (nSPS) is 17.6. The van der Waals surface area contributed by atoms with Crippen LogP contribution in [0.15, 0.2) is 30.3 Å². The first kappa shape index (κ1) is 21.0. The van der Waals surface area contributed by atoms with Crippen molar-refractivity contribution in [3.8, 4) is 0 Å². The molecule has 0 radical (unpaired) electrons. The third-order valence-corrected chi connectivity index (χ3v) is 4.27. The fraction of sp³-hybridized carbons (Fsp3) is 0.600. The van der Waals surface area contributed by atoms with Crippen molar-refractivity contribution in [3.05, 3.63) is 35.9 Å². The number of nitrogens with zero attached hydrogens (tertiary/aromatic N) is 2. The third kappa shape index (κ3) is 6.75. The summed E-state index contributed by atoms with van der Waals surface area (Å²) in [5.41, 5.74) is 0.347. The van der Waals surface area contributed by atoms with Crippen LogP contribution in [0.25, 0.3) is 0 Å². The van der Waals surface area contributed by atoms with Gasteiger partial charge >= 0.3 is 12.2 Å². The summed E-state index contributed by atoms with van der Waals surface area (Å²) in [5.74, 6) is 0. The average molecular weight is 378 g/mol. The molecule has 150 valence electrons. The van der Waals surface area contributed by atoms with Crippen molar-refractivity contribution in [2.24, 2.45) is 0 Å². The zero-order valence-corrected chi connectivity index (χ0v) is 16.4. The number of hydrogen-bond donors (Lipinski definition) is 1. The minimum Gasteiger partial charge on any atom is -0.445 e. The second-order valence-corrected chi connectivity index (χ2v) is 7.68. The van der Waals surface area contributed by atoms with Gasteiger partial charge in [0.2, 0.25) is 0 Å². The van der Waals surface area contributed by atoms with E-state index in [0.29, 0.717) is 32.5 Å². The molecule has 1 unspecified atom stereocenters. The summed E-state index contributed by atoms with van der Waals surface area (Å²) >= 11 is 0. The van der Waals surface area contributed by atoms with E-state index in [4.69, 9.17) is 14.6 Å². The van der Waals surface area contributed by atoms with Gasteiger partial charge in [0.15, 0.2) is 0 Å². The van der Waals surface area contributed by atoms with E-state index in [9.17, 15) is 9.59 Å². The van der Waals surface area contributed by atoms with E-state index < -0.39 is 11.7 Å². The van der Waals surface area contributed by atoms with Crippen LogP contribution in [-0.4, -0.2) is 65.0 Å². The molecule has 1 aliphatic heterocycles. The van der Waals surface area contributed by atoms with Crippen LogP contribution in [0.5, 0.6) is 0 Å². The van der Waals surface area contributed by atoms with Gasteiger partial charge in [0.25, 0.3) is 0 Å². The number of ether oxygens (including phenoxy) is 2. The molecule has 1 aromatic rings. The SMILES string of the molecule is CC(C)(C)OC(=O)N1CCN(C(=O)OCc2ccccc2)CC1CCCO. The van der Waals surface area contributed by atoms with Crippen LogP contribution < -0.4 is 0 Å². The molecule has 1 heterocycles. The monoisotopic (exact) mass is 378 g/mol. The molecule has 27 heavy (non-hydrogen) atoms. The number of carbonyl (C=O) groups excluding carboxylic acids is 2. The molecule has 7 heteroatoms. The zero-order chi connectivity index (χ0) is 19.9. The largest absolute Gasteiger partial charge is 0.445 e. The van der Waals surface area contributed by atoms with E-state index in [2.05, 4.69) is 0 Å². The topological polar surface area (TPSA) is 79.3 Å². The van der Waals surface area contributed by atoms with Crippen molar-refractivity contribution in [1.82, 2.24) is 9.80 Å². The maximum absolute atomic E-state index is 12.5. The molecule has 1 aromatic carbocycles. The lowest BCUT2D eigenvalue weighted by molar-refractivity contribution is -0.00528. The molecule has 0 aliphatic carbocycles. The molecule has 2 amide bonds. The van der Waals surface area contributed by atoms with Crippen LogP contribution in [0.1, 0.15) is 39.2 Å². The second kappa shape index (κ2) is 9.60. The van der Waals surface area contributed by atoms with Crippen molar-refractivity contribution in [1.29, 1.82) is 0 Å². The van der Waals surface area contributed by atoms with Gasteiger partial charge in [-0.15, -0.1) is 0 Å². The molecule has 7 nitrogen and oxygen atoms in total. The Balaban J connectivity index is 1.95. The number of piperazine rings is 1. The molecule has 1 fully saturated rings. The third-order valence-electron chi connectivity index (χ3n) is 4.27. The smallest absolute Gasteiger partial charge is 0.410 e. The van der Waals surface area contributed by atoms with Crippen LogP contribution in [0.2, 0.25) is 0 Å². The Labute approximate surface area is 160 Å². The highest BCUT2D eigenvalue weighted by atomic mass is 16.6. The minimum atomic E-state index is -0.579. The highest BCUT2D eigenvalue weighted by Crippen LogP contribution is 2.19. The van der Waals surface area contributed by atoms with Crippen molar-refractivity contribution in [3.63, 3.8) is 0 Å². The van der Waals surface area contributed by atoms with Gasteiger partial charge in [0.1, 0.15) is 12.2 Å². The van der Waals surface area contributed by atoms with Crippen LogP contribution in [0.4, 0.5) is 9.59 Å². The summed E-state index contributed by atoms with van der Waals surface area (Å²) < 4.78 is 10.9. The zero-order valence-electron chi connectivity index (χ0n) is 16.4. The van der Waals surface area contributed by atoms with Crippen LogP contribution in [0.3, 0.4) is 0 Å². The predicted octanol–water partition coefficient (Wildman–Crippen LogP) is 3.02. The Bertz CT molecular complexity index is 615. The van der Waals surface area contributed by atoms with Crippen LogP contribution in [0, 0.1) is 0 Å². The Morgan fingerprint density at radius 2 is 1.85 bits per heavy atom. The molecule has 1 N–H and O–H groups in total. The molecule has 2 rings (SSSR count). The Kier molecular flexibility index (Phi) is 7.47. The molecule has 1 aliphatic rings. The molecule has 1 atom stereocenters. The molecule has 0 spiro atoms. The van der Waals surface area contributed by atoms with Gasteiger partial charge in [-0.3, -0.25) is 0 Å². The fourth-order valence-electron chi connectivity index (χ4n) is 2.97. The van der Waals surface area contributed by atoms with Crippen molar-refractivity contribution >= 4 is 12.2 Å². The molecule has 1 saturated heterocycles. The van der Waals surface area contributed by atoms with Crippen molar-refractivity contribution < 1.29 is 24.2 Å². The first-order valence-corrected chi connectivity index (χ1v) is 9.36. The summed E-state index contributed by atoms with van der Waals surface area (Å²) in [7, 11) is 0. The average Bonchev–Trinajstić information content (AvgIpc) is 2.63. The number of rotatable bonds is 5. The predicted molar refractivity (Wildman–Crippen MR) is 101 cm³/mol. The minimum absolute atomic E-state index is 0.0388. The van der Waals surface area contributed by atoms with E-state index in [-0.39, 0.29) is 25.3 Å². The van der Waals surface area contributed by atoms with E-state index >= 15 is 0 Å². The van der Waals surface area contributed by atoms with E-state index in [0.717, 1.165) is 5.56 Å². The van der Waals surface area contributed by atoms with E-state index in [1.807, 2.05) is 51.1 Å². The van der Waals surface area contributed by atoms with Gasteiger partial charge in [0.05, 0.1) is 6.04 Å². The van der Waals surface area contributed by atoms with Gasteiger partial charge in [0, 0.05) is 26.2 Å². The van der Waals surface area contributed by atoms with Gasteiger partial charge in [-0.25, -0.2) is 9.59 Å². The summed E-state index contributed by atoms with van der Waals surface area (Å²) in [6, 6.07) is 9.30. The van der Waals surface area contributed by atoms with Crippen molar-refractivity contribution in [2.75, 3.05) is 26.2 Å². The summed E-state index contributed by atoms with van der Waals surface area (Å²) in [5, 5.41) is 9.15. The first-order valence-electron chi connectivity index (χ1n) is 9.36. The van der Waals surface area contributed by atoms with E-state index in [1.54, 1.807) is 9.80 Å². The Hall–Kier alpha value is -2.28. The molecular weight excluding hydrogens is 348 g/mol. The number of aliphatic hydroxyl groups excluding tert-OH is 1. The summed E-state index contributed by atoms with van der Waals surface area (Å²) in [6.45, 7) is 6.87. The Morgan fingerprint density at radius 3 is 2.48 bits per heavy atom. The standard InChI is InChI=1S/C20H30N2O5/c1-20(2,3)27-19(25)22-12-11-21(14-17(22)10-7-13-23)18(24)26-15-16-8-5-4-6-9-16/h4-6,8-9,17,23H,7,10-15H2,1-3H3. The number of amides is 2. The number of aliphatic hydroxyl groups is 1. The first-order chi connectivity index (χ1) is 12.8.